The van der Waals surface area contributed by atoms with Crippen LogP contribution in [-0.2, 0) is 0 Å². The van der Waals surface area contributed by atoms with Crippen LogP contribution in [0.5, 0.6) is 0 Å². The molecule has 0 aliphatic rings. The molecule has 2 rings (SSSR count). The zero-order valence-electron chi connectivity index (χ0n) is 11.7. The maximum Gasteiger partial charge on any atom is 0.191 e. The summed E-state index contributed by atoms with van der Waals surface area (Å²) in [6, 6.07) is 9.86. The van der Waals surface area contributed by atoms with Gasteiger partial charge in [-0.1, -0.05) is 17.7 Å². The molecule has 0 aliphatic carbocycles. The van der Waals surface area contributed by atoms with Crippen molar-refractivity contribution in [2.45, 2.75) is 20.8 Å². The van der Waals surface area contributed by atoms with E-state index in [1.54, 1.807) is 6.21 Å². The van der Waals surface area contributed by atoms with Crippen LogP contribution in [0.15, 0.2) is 39.9 Å². The first kappa shape index (κ1) is 14.3. The molecule has 0 bridgehead atoms. The zero-order valence-corrected chi connectivity index (χ0v) is 12.5. The topological polar surface area (TPSA) is 49.6 Å². The largest absolute Gasteiger partial charge is 0.460 e. The van der Waals surface area contributed by atoms with Crippen molar-refractivity contribution in [2.75, 3.05) is 5.32 Å². The summed E-state index contributed by atoms with van der Waals surface area (Å²) in [6.07, 6.45) is 1.59. The summed E-state index contributed by atoms with van der Waals surface area (Å²) in [6.45, 7) is 5.98. The van der Waals surface area contributed by atoms with Gasteiger partial charge in [0, 0.05) is 5.69 Å². The van der Waals surface area contributed by atoms with E-state index in [4.69, 9.17) is 16.6 Å². The molecule has 5 heteroatoms. The van der Waals surface area contributed by atoms with E-state index >= 15 is 0 Å². The molecule has 0 saturated carbocycles. The third-order valence-electron chi connectivity index (χ3n) is 2.75. The molecule has 4 nitrogen and oxygen atoms in total. The fraction of sp³-hybridized carbons (Fsp3) is 0.200. The molecule has 1 aromatic carbocycles. The van der Waals surface area contributed by atoms with Crippen molar-refractivity contribution in [1.29, 1.82) is 0 Å². The molecule has 0 spiro atoms. The number of benzene rings is 1. The summed E-state index contributed by atoms with van der Waals surface area (Å²) in [7, 11) is 0. The average Bonchev–Trinajstić information content (AvgIpc) is 2.79. The monoisotopic (exact) mass is 287 g/mol. The first-order chi connectivity index (χ1) is 9.54. The number of hydrogen-bond acceptors (Lipinski definition) is 3. The van der Waals surface area contributed by atoms with E-state index in [1.165, 1.54) is 5.56 Å². The Morgan fingerprint density at radius 1 is 1.20 bits per heavy atom. The van der Waals surface area contributed by atoms with Crippen molar-refractivity contribution >= 4 is 29.2 Å². The van der Waals surface area contributed by atoms with Crippen LogP contribution in [0.2, 0.25) is 0 Å². The highest BCUT2D eigenvalue weighted by molar-refractivity contribution is 7.80. The lowest BCUT2D eigenvalue weighted by molar-refractivity contribution is 0.527. The normalized spacial score (nSPS) is 10.8. The Balaban J connectivity index is 1.91. The Hall–Kier alpha value is -2.14. The summed E-state index contributed by atoms with van der Waals surface area (Å²) in [5, 5.41) is 7.57. The lowest BCUT2D eigenvalue weighted by atomic mass is 10.1. The quantitative estimate of drug-likeness (QED) is 0.515. The van der Waals surface area contributed by atoms with E-state index in [0.29, 0.717) is 10.9 Å². The molecule has 0 aliphatic heterocycles. The van der Waals surface area contributed by atoms with E-state index in [9.17, 15) is 0 Å². The molecule has 104 valence electrons. The number of anilines is 1. The number of rotatable bonds is 3. The number of thiocarbonyl (C=S) groups is 1. The predicted molar refractivity (Wildman–Crippen MR) is 86.3 cm³/mol. The van der Waals surface area contributed by atoms with Gasteiger partial charge in [0.2, 0.25) is 0 Å². The highest BCUT2D eigenvalue weighted by atomic mass is 32.1. The molecule has 0 atom stereocenters. The smallest absolute Gasteiger partial charge is 0.191 e. The number of nitrogens with one attached hydrogen (secondary N) is 2. The van der Waals surface area contributed by atoms with Crippen LogP contribution in [-0.4, -0.2) is 11.3 Å². The van der Waals surface area contributed by atoms with E-state index in [2.05, 4.69) is 28.8 Å². The maximum absolute atomic E-state index is 5.36. The standard InChI is InChI=1S/C15H17N3OS/c1-10-4-7-14(11(2)8-10)17-15(20)18-16-9-13-6-5-12(3)19-13/h4-9H,1-3H3,(H2,17,18,20)/b16-9+. The first-order valence-corrected chi connectivity index (χ1v) is 6.69. The molecule has 0 amide bonds. The first-order valence-electron chi connectivity index (χ1n) is 6.28. The summed E-state index contributed by atoms with van der Waals surface area (Å²) in [4.78, 5) is 0. The van der Waals surface area contributed by atoms with Crippen LogP contribution < -0.4 is 10.7 Å². The van der Waals surface area contributed by atoms with Gasteiger partial charge in [0.15, 0.2) is 5.11 Å². The Morgan fingerprint density at radius 2 is 2.00 bits per heavy atom. The van der Waals surface area contributed by atoms with Gasteiger partial charge < -0.3 is 9.73 Å². The Labute approximate surface area is 123 Å². The lowest BCUT2D eigenvalue weighted by Gasteiger charge is -2.10. The van der Waals surface area contributed by atoms with Crippen LogP contribution in [0, 0.1) is 20.8 Å². The number of furan rings is 1. The van der Waals surface area contributed by atoms with Gasteiger partial charge in [0.05, 0.1) is 6.21 Å². The van der Waals surface area contributed by atoms with Crippen LogP contribution >= 0.6 is 12.2 Å². The second kappa shape index (κ2) is 6.34. The second-order valence-electron chi connectivity index (χ2n) is 4.59. The minimum atomic E-state index is 0.441. The van der Waals surface area contributed by atoms with Crippen LogP contribution in [0.3, 0.4) is 0 Å². The molecular weight excluding hydrogens is 270 g/mol. The van der Waals surface area contributed by atoms with E-state index < -0.39 is 0 Å². The highest BCUT2D eigenvalue weighted by Crippen LogP contribution is 2.15. The summed E-state index contributed by atoms with van der Waals surface area (Å²) in [5.41, 5.74) is 6.09. The van der Waals surface area contributed by atoms with Gasteiger partial charge in [0.1, 0.15) is 11.5 Å². The van der Waals surface area contributed by atoms with Crippen LogP contribution in [0.1, 0.15) is 22.6 Å². The molecule has 2 N–H and O–H groups in total. The number of hydrazone groups is 1. The van der Waals surface area contributed by atoms with Gasteiger partial charge in [-0.2, -0.15) is 5.10 Å². The highest BCUT2D eigenvalue weighted by Gasteiger charge is 2.00. The summed E-state index contributed by atoms with van der Waals surface area (Å²) in [5.74, 6) is 1.53. The Kier molecular flexibility index (Phi) is 4.53. The third kappa shape index (κ3) is 3.93. The fourth-order valence-electron chi connectivity index (χ4n) is 1.78. The predicted octanol–water partition coefficient (Wildman–Crippen LogP) is 3.53. The molecule has 20 heavy (non-hydrogen) atoms. The second-order valence-corrected chi connectivity index (χ2v) is 5.00. The zero-order chi connectivity index (χ0) is 14.5. The molecule has 0 saturated heterocycles. The van der Waals surface area contributed by atoms with Crippen molar-refractivity contribution in [2.24, 2.45) is 5.10 Å². The molecule has 0 fully saturated rings. The van der Waals surface area contributed by atoms with E-state index in [1.807, 2.05) is 38.1 Å². The SMILES string of the molecule is Cc1ccc(NC(=S)N/N=C/c2ccc(C)o2)c(C)c1. The van der Waals surface area contributed by atoms with Crippen molar-refractivity contribution in [1.82, 2.24) is 5.43 Å². The molecule has 0 radical (unpaired) electrons. The Bertz CT molecular complexity index is 646. The van der Waals surface area contributed by atoms with Crippen molar-refractivity contribution in [3.8, 4) is 0 Å². The van der Waals surface area contributed by atoms with Gasteiger partial charge >= 0.3 is 0 Å². The minimum absolute atomic E-state index is 0.441. The number of nitrogens with zero attached hydrogens (tertiary/aromatic N) is 1. The minimum Gasteiger partial charge on any atom is -0.460 e. The van der Waals surface area contributed by atoms with Gasteiger partial charge in [-0.3, -0.25) is 5.43 Å². The summed E-state index contributed by atoms with van der Waals surface area (Å²) >= 11 is 5.18. The van der Waals surface area contributed by atoms with Crippen LogP contribution in [0.25, 0.3) is 0 Å². The number of aryl methyl sites for hydroxylation is 3. The maximum atomic E-state index is 5.36. The average molecular weight is 287 g/mol. The number of hydrogen-bond donors (Lipinski definition) is 2. The van der Waals surface area contributed by atoms with Gasteiger partial charge in [0.25, 0.3) is 0 Å². The molecule has 1 aromatic heterocycles. The summed E-state index contributed by atoms with van der Waals surface area (Å²) < 4.78 is 5.36. The van der Waals surface area contributed by atoms with E-state index in [-0.39, 0.29) is 0 Å². The van der Waals surface area contributed by atoms with Crippen molar-refractivity contribution in [3.63, 3.8) is 0 Å². The third-order valence-corrected chi connectivity index (χ3v) is 2.94. The van der Waals surface area contributed by atoms with Crippen LogP contribution in [0.4, 0.5) is 5.69 Å². The lowest BCUT2D eigenvalue weighted by Crippen LogP contribution is -2.24. The molecule has 2 aromatic rings. The van der Waals surface area contributed by atoms with Crippen molar-refractivity contribution in [3.05, 3.63) is 53.0 Å². The molecule has 0 unspecified atom stereocenters. The molecular formula is C15H17N3OS. The van der Waals surface area contributed by atoms with E-state index in [0.717, 1.165) is 17.0 Å². The van der Waals surface area contributed by atoms with Gasteiger partial charge in [-0.25, -0.2) is 0 Å². The molecule has 1 heterocycles. The van der Waals surface area contributed by atoms with Crippen molar-refractivity contribution < 1.29 is 4.42 Å². The fourth-order valence-corrected chi connectivity index (χ4v) is 1.94. The van der Waals surface area contributed by atoms with Gasteiger partial charge in [-0.05, 0) is 56.8 Å². The van der Waals surface area contributed by atoms with Gasteiger partial charge in [-0.15, -0.1) is 0 Å². The Morgan fingerprint density at radius 3 is 2.65 bits per heavy atom.